The smallest absolute Gasteiger partial charge is 0.171 e. The molecule has 2 aromatic carbocycles. The minimum Gasteiger partial charge on any atom is -0.359 e. The van der Waals surface area contributed by atoms with Crippen molar-refractivity contribution in [2.75, 3.05) is 11.9 Å². The van der Waals surface area contributed by atoms with Crippen LogP contribution < -0.4 is 10.6 Å². The average Bonchev–Trinajstić information content (AvgIpc) is 2.86. The Labute approximate surface area is 135 Å². The first-order valence-electron chi connectivity index (χ1n) is 7.41. The van der Waals surface area contributed by atoms with Crippen molar-refractivity contribution in [2.45, 2.75) is 13.5 Å². The molecule has 112 valence electrons. The summed E-state index contributed by atoms with van der Waals surface area (Å²) >= 11 is 5.27. The van der Waals surface area contributed by atoms with E-state index in [0.717, 1.165) is 12.2 Å². The van der Waals surface area contributed by atoms with Crippen LogP contribution in [0.2, 0.25) is 0 Å². The Morgan fingerprint density at radius 3 is 2.73 bits per heavy atom. The molecule has 2 N–H and O–H groups in total. The number of nitrogens with zero attached hydrogens (tertiary/aromatic N) is 1. The summed E-state index contributed by atoms with van der Waals surface area (Å²) in [6.45, 7) is 7.46. The van der Waals surface area contributed by atoms with Crippen LogP contribution in [0.3, 0.4) is 0 Å². The number of fused-ring (bicyclic) bond motifs is 3. The number of thiocarbonyl (C=S) groups is 1. The molecule has 1 heterocycles. The van der Waals surface area contributed by atoms with Crippen LogP contribution in [-0.2, 0) is 6.54 Å². The van der Waals surface area contributed by atoms with Crippen molar-refractivity contribution in [2.24, 2.45) is 0 Å². The fraction of sp³-hybridized carbons (Fsp3) is 0.167. The van der Waals surface area contributed by atoms with E-state index >= 15 is 0 Å². The standard InChI is InChI=1S/C18H19N3S/c1-3-11-19-18(22)20-13-9-10-17-15(12-13)14-7-5-6-8-16(14)21(17)4-2/h3,5-10,12H,1,4,11H2,2H3,(H2,19,20,22). The summed E-state index contributed by atoms with van der Waals surface area (Å²) < 4.78 is 2.34. The zero-order valence-electron chi connectivity index (χ0n) is 12.6. The Hall–Kier alpha value is -2.33. The molecule has 0 fully saturated rings. The van der Waals surface area contributed by atoms with Gasteiger partial charge in [0, 0.05) is 40.6 Å². The van der Waals surface area contributed by atoms with E-state index in [2.05, 4.69) is 71.2 Å². The van der Waals surface area contributed by atoms with Gasteiger partial charge in [0.15, 0.2) is 5.11 Å². The van der Waals surface area contributed by atoms with Crippen LogP contribution in [0.25, 0.3) is 21.8 Å². The molecule has 0 unspecified atom stereocenters. The number of rotatable bonds is 4. The number of aryl methyl sites for hydroxylation is 1. The third kappa shape index (κ3) is 2.57. The normalized spacial score (nSPS) is 10.8. The lowest BCUT2D eigenvalue weighted by molar-refractivity contribution is 0.827. The number of para-hydroxylation sites is 1. The lowest BCUT2D eigenvalue weighted by Crippen LogP contribution is -2.28. The number of aromatic nitrogens is 1. The van der Waals surface area contributed by atoms with Crippen LogP contribution in [0.4, 0.5) is 5.69 Å². The van der Waals surface area contributed by atoms with Crippen molar-refractivity contribution in [1.29, 1.82) is 0 Å². The molecule has 0 saturated carbocycles. The van der Waals surface area contributed by atoms with Gasteiger partial charge in [0.2, 0.25) is 0 Å². The van der Waals surface area contributed by atoms with Crippen LogP contribution in [-0.4, -0.2) is 16.2 Å². The van der Waals surface area contributed by atoms with E-state index in [4.69, 9.17) is 12.2 Å². The highest BCUT2D eigenvalue weighted by molar-refractivity contribution is 7.80. The molecule has 0 aliphatic carbocycles. The molecule has 1 aromatic heterocycles. The third-order valence-corrected chi connectivity index (χ3v) is 4.00. The van der Waals surface area contributed by atoms with Crippen molar-refractivity contribution in [3.05, 3.63) is 55.1 Å². The molecule has 0 aliphatic rings. The van der Waals surface area contributed by atoms with Crippen LogP contribution in [0.1, 0.15) is 6.92 Å². The van der Waals surface area contributed by atoms with Gasteiger partial charge in [0.25, 0.3) is 0 Å². The SMILES string of the molecule is C=CCNC(=S)Nc1ccc2c(c1)c1ccccc1n2CC. The molecule has 0 amide bonds. The summed E-state index contributed by atoms with van der Waals surface area (Å²) in [4.78, 5) is 0. The van der Waals surface area contributed by atoms with Crippen LogP contribution in [0.5, 0.6) is 0 Å². The summed E-state index contributed by atoms with van der Waals surface area (Å²) in [5, 5.41) is 9.43. The largest absolute Gasteiger partial charge is 0.359 e. The molecule has 0 atom stereocenters. The molecule has 3 aromatic rings. The maximum absolute atomic E-state index is 5.27. The molecular formula is C18H19N3S. The summed E-state index contributed by atoms with van der Waals surface area (Å²) in [6.07, 6.45) is 1.78. The van der Waals surface area contributed by atoms with Gasteiger partial charge in [-0.3, -0.25) is 0 Å². The summed E-state index contributed by atoms with van der Waals surface area (Å²) in [6, 6.07) is 14.9. The van der Waals surface area contributed by atoms with E-state index in [1.54, 1.807) is 6.08 Å². The predicted octanol–water partition coefficient (Wildman–Crippen LogP) is 4.29. The number of hydrogen-bond acceptors (Lipinski definition) is 1. The first-order chi connectivity index (χ1) is 10.7. The molecule has 3 rings (SSSR count). The van der Waals surface area contributed by atoms with Gasteiger partial charge in [0.05, 0.1) is 0 Å². The molecular weight excluding hydrogens is 290 g/mol. The van der Waals surface area contributed by atoms with Crippen molar-refractivity contribution < 1.29 is 0 Å². The second-order valence-corrected chi connectivity index (χ2v) is 5.53. The molecule has 0 spiro atoms. The fourth-order valence-electron chi connectivity index (χ4n) is 2.81. The molecule has 22 heavy (non-hydrogen) atoms. The van der Waals surface area contributed by atoms with Gasteiger partial charge in [0.1, 0.15) is 0 Å². The molecule has 4 heteroatoms. The van der Waals surface area contributed by atoms with Gasteiger partial charge >= 0.3 is 0 Å². The Kier molecular flexibility index (Phi) is 4.11. The number of anilines is 1. The maximum Gasteiger partial charge on any atom is 0.171 e. The van der Waals surface area contributed by atoms with E-state index < -0.39 is 0 Å². The Bertz CT molecular complexity index is 848. The van der Waals surface area contributed by atoms with Crippen molar-refractivity contribution in [3.63, 3.8) is 0 Å². The Balaban J connectivity index is 2.04. The van der Waals surface area contributed by atoms with Gasteiger partial charge in [-0.05, 0) is 43.4 Å². The van der Waals surface area contributed by atoms with Crippen molar-refractivity contribution in [3.8, 4) is 0 Å². The molecule has 0 radical (unpaired) electrons. The minimum absolute atomic E-state index is 0.610. The zero-order valence-corrected chi connectivity index (χ0v) is 13.4. The molecule has 0 bridgehead atoms. The van der Waals surface area contributed by atoms with Crippen LogP contribution in [0.15, 0.2) is 55.1 Å². The monoisotopic (exact) mass is 309 g/mol. The lowest BCUT2D eigenvalue weighted by Gasteiger charge is -2.09. The topological polar surface area (TPSA) is 29.0 Å². The van der Waals surface area contributed by atoms with Gasteiger partial charge in [-0.1, -0.05) is 24.3 Å². The lowest BCUT2D eigenvalue weighted by atomic mass is 10.1. The first-order valence-corrected chi connectivity index (χ1v) is 7.82. The summed E-state index contributed by atoms with van der Waals surface area (Å²) in [7, 11) is 0. The molecule has 0 saturated heterocycles. The fourth-order valence-corrected chi connectivity index (χ4v) is 3.01. The second-order valence-electron chi connectivity index (χ2n) is 5.12. The number of hydrogen-bond donors (Lipinski definition) is 2. The maximum atomic E-state index is 5.27. The van der Waals surface area contributed by atoms with Crippen molar-refractivity contribution in [1.82, 2.24) is 9.88 Å². The molecule has 3 nitrogen and oxygen atoms in total. The Morgan fingerprint density at radius 2 is 1.95 bits per heavy atom. The van der Waals surface area contributed by atoms with E-state index in [1.807, 2.05) is 0 Å². The highest BCUT2D eigenvalue weighted by Gasteiger charge is 2.09. The van der Waals surface area contributed by atoms with Gasteiger partial charge < -0.3 is 15.2 Å². The highest BCUT2D eigenvalue weighted by Crippen LogP contribution is 2.30. The number of nitrogens with one attached hydrogen (secondary N) is 2. The second kappa shape index (κ2) is 6.20. The minimum atomic E-state index is 0.610. The zero-order chi connectivity index (χ0) is 15.5. The highest BCUT2D eigenvalue weighted by atomic mass is 32.1. The van der Waals surface area contributed by atoms with Crippen LogP contribution >= 0.6 is 12.2 Å². The summed E-state index contributed by atoms with van der Waals surface area (Å²) in [5.41, 5.74) is 3.51. The van der Waals surface area contributed by atoms with Crippen LogP contribution in [0, 0.1) is 0 Å². The first kappa shape index (κ1) is 14.6. The average molecular weight is 309 g/mol. The van der Waals surface area contributed by atoms with Gasteiger partial charge in [-0.2, -0.15) is 0 Å². The van der Waals surface area contributed by atoms with Gasteiger partial charge in [-0.15, -0.1) is 6.58 Å². The third-order valence-electron chi connectivity index (χ3n) is 3.75. The predicted molar refractivity (Wildman–Crippen MR) is 99.5 cm³/mol. The molecule has 0 aliphatic heterocycles. The summed E-state index contributed by atoms with van der Waals surface area (Å²) in [5.74, 6) is 0. The van der Waals surface area contributed by atoms with Crippen molar-refractivity contribution >= 4 is 44.8 Å². The van der Waals surface area contributed by atoms with Gasteiger partial charge in [-0.25, -0.2) is 0 Å². The van der Waals surface area contributed by atoms with E-state index in [-0.39, 0.29) is 0 Å². The van der Waals surface area contributed by atoms with E-state index in [9.17, 15) is 0 Å². The number of benzene rings is 2. The van der Waals surface area contributed by atoms with E-state index in [1.165, 1.54) is 21.8 Å². The quantitative estimate of drug-likeness (QED) is 0.556. The van der Waals surface area contributed by atoms with E-state index in [0.29, 0.717) is 11.7 Å². The Morgan fingerprint density at radius 1 is 1.18 bits per heavy atom.